The molecule has 0 aliphatic heterocycles. The van der Waals surface area contributed by atoms with Gasteiger partial charge in [-0.05, 0) is 18.1 Å². The number of methoxy groups -OCH3 is 1. The van der Waals surface area contributed by atoms with E-state index in [0.717, 1.165) is 0 Å². The number of halogens is 1. The first-order valence-corrected chi connectivity index (χ1v) is 5.44. The van der Waals surface area contributed by atoms with Crippen LogP contribution < -0.4 is 0 Å². The Bertz CT molecular complexity index is 447. The fraction of sp³-hybridized carbons (Fsp3) is 0.364. The number of nitrogens with zero attached hydrogens (tertiary/aromatic N) is 1. The van der Waals surface area contributed by atoms with Crippen LogP contribution in [0.4, 0.5) is 5.69 Å². The number of benzene rings is 1. The van der Waals surface area contributed by atoms with Crippen molar-refractivity contribution in [3.8, 4) is 0 Å². The van der Waals surface area contributed by atoms with Crippen molar-refractivity contribution in [1.82, 2.24) is 0 Å². The van der Waals surface area contributed by atoms with Gasteiger partial charge in [0.15, 0.2) is 5.38 Å². The summed E-state index contributed by atoms with van der Waals surface area (Å²) in [5, 5.41) is 9.79. The normalized spacial score (nSPS) is 11.9. The van der Waals surface area contributed by atoms with E-state index in [1.165, 1.54) is 19.2 Å². The van der Waals surface area contributed by atoms with E-state index in [4.69, 9.17) is 11.6 Å². The maximum atomic E-state index is 11.2. The van der Waals surface area contributed by atoms with E-state index >= 15 is 0 Å². The molecular weight excluding hydrogens is 246 g/mol. The summed E-state index contributed by atoms with van der Waals surface area (Å²) in [5.74, 6) is -0.581. The number of ether oxygens (including phenoxy) is 1. The minimum atomic E-state index is -0.939. The van der Waals surface area contributed by atoms with Gasteiger partial charge in [0.25, 0.3) is 5.69 Å². The van der Waals surface area contributed by atoms with E-state index in [1.807, 2.05) is 0 Å². The lowest BCUT2D eigenvalue weighted by Gasteiger charge is -2.09. The molecule has 0 N–H and O–H groups in total. The van der Waals surface area contributed by atoms with Crippen molar-refractivity contribution in [1.29, 1.82) is 0 Å². The Morgan fingerprint density at radius 1 is 1.59 bits per heavy atom. The van der Waals surface area contributed by atoms with Gasteiger partial charge >= 0.3 is 5.97 Å². The first-order valence-electron chi connectivity index (χ1n) is 5.00. The molecular formula is C11H12ClNO4. The first-order chi connectivity index (χ1) is 8.01. The number of nitro groups is 1. The monoisotopic (exact) mass is 257 g/mol. The largest absolute Gasteiger partial charge is 0.468 e. The maximum absolute atomic E-state index is 11.2. The van der Waals surface area contributed by atoms with E-state index in [-0.39, 0.29) is 5.69 Å². The number of nitro benzene ring substituents is 1. The van der Waals surface area contributed by atoms with Crippen molar-refractivity contribution in [2.24, 2.45) is 0 Å². The summed E-state index contributed by atoms with van der Waals surface area (Å²) in [5.41, 5.74) is 1.08. The summed E-state index contributed by atoms with van der Waals surface area (Å²) in [6.45, 7) is 1.80. The standard InChI is InChI=1S/C11H12ClNO4/c1-3-7-6-8(10(12)11(14)17-2)4-5-9(7)13(15)16/h4-6,10H,3H2,1-2H3. The van der Waals surface area contributed by atoms with Crippen LogP contribution in [0.15, 0.2) is 18.2 Å². The zero-order chi connectivity index (χ0) is 13.0. The lowest BCUT2D eigenvalue weighted by atomic mass is 10.0. The summed E-state index contributed by atoms with van der Waals surface area (Å²) in [6.07, 6.45) is 0.495. The molecule has 1 unspecified atom stereocenters. The average molecular weight is 258 g/mol. The molecule has 6 heteroatoms. The summed E-state index contributed by atoms with van der Waals surface area (Å²) < 4.78 is 4.51. The molecule has 1 aromatic rings. The average Bonchev–Trinajstić information content (AvgIpc) is 2.35. The highest BCUT2D eigenvalue weighted by Gasteiger charge is 2.21. The van der Waals surface area contributed by atoms with Gasteiger partial charge in [-0.1, -0.05) is 13.0 Å². The van der Waals surface area contributed by atoms with Crippen LogP contribution in [0.1, 0.15) is 23.4 Å². The van der Waals surface area contributed by atoms with E-state index in [0.29, 0.717) is 17.5 Å². The Kier molecular flexibility index (Phi) is 4.45. The molecule has 0 bridgehead atoms. The van der Waals surface area contributed by atoms with Crippen molar-refractivity contribution >= 4 is 23.3 Å². The number of hydrogen-bond acceptors (Lipinski definition) is 4. The quantitative estimate of drug-likeness (QED) is 0.360. The van der Waals surface area contributed by atoms with Gasteiger partial charge in [-0.15, -0.1) is 11.6 Å². The Morgan fingerprint density at radius 2 is 2.24 bits per heavy atom. The van der Waals surface area contributed by atoms with Gasteiger partial charge in [-0.3, -0.25) is 14.9 Å². The second-order valence-corrected chi connectivity index (χ2v) is 3.82. The summed E-state index contributed by atoms with van der Waals surface area (Å²) >= 11 is 5.87. The molecule has 0 aliphatic rings. The fourth-order valence-corrected chi connectivity index (χ4v) is 1.69. The second-order valence-electron chi connectivity index (χ2n) is 3.38. The molecule has 1 atom stereocenters. The van der Waals surface area contributed by atoms with Gasteiger partial charge in [0.2, 0.25) is 0 Å². The van der Waals surface area contributed by atoms with E-state index in [1.54, 1.807) is 13.0 Å². The summed E-state index contributed by atoms with van der Waals surface area (Å²) in [6, 6.07) is 4.38. The summed E-state index contributed by atoms with van der Waals surface area (Å²) in [4.78, 5) is 21.5. The predicted octanol–water partition coefficient (Wildman–Crippen LogP) is 2.61. The Hall–Kier alpha value is -1.62. The van der Waals surface area contributed by atoms with Crippen LogP contribution in [0.2, 0.25) is 0 Å². The van der Waals surface area contributed by atoms with Crippen LogP contribution in [-0.2, 0) is 16.0 Å². The highest BCUT2D eigenvalue weighted by molar-refractivity contribution is 6.29. The van der Waals surface area contributed by atoms with Crippen molar-refractivity contribution < 1.29 is 14.5 Å². The van der Waals surface area contributed by atoms with Crippen LogP contribution in [0.5, 0.6) is 0 Å². The van der Waals surface area contributed by atoms with Crippen molar-refractivity contribution in [3.05, 3.63) is 39.4 Å². The third kappa shape index (κ3) is 2.94. The van der Waals surface area contributed by atoms with E-state index in [2.05, 4.69) is 4.74 Å². The molecule has 17 heavy (non-hydrogen) atoms. The molecule has 0 saturated heterocycles. The van der Waals surface area contributed by atoms with E-state index in [9.17, 15) is 14.9 Å². The number of rotatable bonds is 4. The molecule has 92 valence electrons. The molecule has 5 nitrogen and oxygen atoms in total. The van der Waals surface area contributed by atoms with Crippen molar-refractivity contribution in [2.75, 3.05) is 7.11 Å². The second kappa shape index (κ2) is 5.63. The molecule has 0 aliphatic carbocycles. The molecule has 0 saturated carbocycles. The van der Waals surface area contributed by atoms with Crippen LogP contribution in [0.3, 0.4) is 0 Å². The Balaban J connectivity index is 3.13. The molecule has 1 rings (SSSR count). The van der Waals surface area contributed by atoms with Crippen LogP contribution in [0.25, 0.3) is 0 Å². The minimum Gasteiger partial charge on any atom is -0.468 e. The SMILES string of the molecule is CCc1cc(C(Cl)C(=O)OC)ccc1[N+](=O)[O-]. The Labute approximate surface area is 103 Å². The van der Waals surface area contributed by atoms with Gasteiger partial charge in [-0.25, -0.2) is 0 Å². The number of esters is 1. The van der Waals surface area contributed by atoms with Crippen molar-refractivity contribution in [2.45, 2.75) is 18.7 Å². The Morgan fingerprint density at radius 3 is 2.71 bits per heavy atom. The highest BCUT2D eigenvalue weighted by Crippen LogP contribution is 2.27. The number of carbonyl (C=O) groups is 1. The van der Waals surface area contributed by atoms with Crippen LogP contribution in [0, 0.1) is 10.1 Å². The fourth-order valence-electron chi connectivity index (χ4n) is 1.46. The lowest BCUT2D eigenvalue weighted by Crippen LogP contribution is -2.09. The minimum absolute atomic E-state index is 0.0324. The predicted molar refractivity (Wildman–Crippen MR) is 63.1 cm³/mol. The van der Waals surface area contributed by atoms with E-state index < -0.39 is 16.3 Å². The zero-order valence-electron chi connectivity index (χ0n) is 9.47. The molecule has 0 aromatic heterocycles. The number of carbonyl (C=O) groups excluding carboxylic acids is 1. The molecule has 0 fully saturated rings. The van der Waals surface area contributed by atoms with Gasteiger partial charge in [0.05, 0.1) is 12.0 Å². The van der Waals surface area contributed by atoms with Crippen LogP contribution in [-0.4, -0.2) is 18.0 Å². The number of alkyl halides is 1. The third-order valence-electron chi connectivity index (χ3n) is 2.38. The maximum Gasteiger partial charge on any atom is 0.328 e. The first kappa shape index (κ1) is 13.4. The molecule has 0 heterocycles. The summed E-state index contributed by atoms with van der Waals surface area (Å²) in [7, 11) is 1.24. The molecule has 0 spiro atoms. The van der Waals surface area contributed by atoms with Gasteiger partial charge in [0.1, 0.15) is 0 Å². The van der Waals surface area contributed by atoms with Crippen molar-refractivity contribution in [3.63, 3.8) is 0 Å². The van der Waals surface area contributed by atoms with Gasteiger partial charge < -0.3 is 4.74 Å². The molecule has 1 aromatic carbocycles. The zero-order valence-corrected chi connectivity index (χ0v) is 10.2. The highest BCUT2D eigenvalue weighted by atomic mass is 35.5. The topological polar surface area (TPSA) is 69.4 Å². The smallest absolute Gasteiger partial charge is 0.328 e. The number of aryl methyl sites for hydroxylation is 1. The molecule has 0 radical (unpaired) electrons. The number of hydrogen-bond donors (Lipinski definition) is 0. The molecule has 0 amide bonds. The van der Waals surface area contributed by atoms with Gasteiger partial charge in [-0.2, -0.15) is 0 Å². The van der Waals surface area contributed by atoms with Crippen LogP contribution >= 0.6 is 11.6 Å². The lowest BCUT2D eigenvalue weighted by molar-refractivity contribution is -0.385. The van der Waals surface area contributed by atoms with Gasteiger partial charge in [0, 0.05) is 11.6 Å². The third-order valence-corrected chi connectivity index (χ3v) is 2.81.